The predicted octanol–water partition coefficient (Wildman–Crippen LogP) is 2.20. The molecule has 1 heterocycles. The molecule has 0 saturated carbocycles. The van der Waals surface area contributed by atoms with E-state index in [1.807, 2.05) is 0 Å². The summed E-state index contributed by atoms with van der Waals surface area (Å²) in [5, 5.41) is 2.83. The van der Waals surface area contributed by atoms with Gasteiger partial charge >= 0.3 is 0 Å². The maximum Gasteiger partial charge on any atom is 0.281 e. The van der Waals surface area contributed by atoms with Crippen molar-refractivity contribution in [1.82, 2.24) is 4.90 Å². The number of ether oxygens (including phenoxy) is 2. The highest BCUT2D eigenvalue weighted by atomic mass is 32.2. The highest BCUT2D eigenvalue weighted by Crippen LogP contribution is 2.29. The number of hydrogen-bond donors (Lipinski definition) is 1. The minimum absolute atomic E-state index is 0.0461. The van der Waals surface area contributed by atoms with Crippen LogP contribution in [0, 0.1) is 0 Å². The van der Waals surface area contributed by atoms with Gasteiger partial charge in [-0.2, -0.15) is 0 Å². The van der Waals surface area contributed by atoms with Crippen molar-refractivity contribution >= 4 is 28.6 Å². The van der Waals surface area contributed by atoms with Crippen LogP contribution < -0.4 is 14.8 Å². The molecule has 2 amide bonds. The normalized spacial score (nSPS) is 14.2. The molecule has 21 heavy (non-hydrogen) atoms. The number of rotatable bonds is 6. The van der Waals surface area contributed by atoms with Crippen LogP contribution in [0.25, 0.3) is 0 Å². The highest BCUT2D eigenvalue weighted by molar-refractivity contribution is 8.13. The van der Waals surface area contributed by atoms with E-state index in [-0.39, 0.29) is 17.6 Å². The largest absolute Gasteiger partial charge is 0.497 e. The number of amides is 2. The first kappa shape index (κ1) is 15.5. The summed E-state index contributed by atoms with van der Waals surface area (Å²) in [7, 11) is 3.10. The molecule has 6 nitrogen and oxygen atoms in total. The van der Waals surface area contributed by atoms with Gasteiger partial charge < -0.3 is 19.7 Å². The van der Waals surface area contributed by atoms with Gasteiger partial charge in [-0.15, -0.1) is 0 Å². The molecule has 0 atom stereocenters. The van der Waals surface area contributed by atoms with E-state index >= 15 is 0 Å². The fourth-order valence-electron chi connectivity index (χ4n) is 1.98. The van der Waals surface area contributed by atoms with Crippen molar-refractivity contribution in [3.63, 3.8) is 0 Å². The molecule has 1 aliphatic rings. The van der Waals surface area contributed by atoms with Crippen molar-refractivity contribution in [1.29, 1.82) is 0 Å². The molecule has 0 bridgehead atoms. The van der Waals surface area contributed by atoms with E-state index in [2.05, 4.69) is 5.32 Å². The Balaban J connectivity index is 1.91. The van der Waals surface area contributed by atoms with E-state index in [1.54, 1.807) is 30.2 Å². The van der Waals surface area contributed by atoms with Crippen molar-refractivity contribution in [3.05, 3.63) is 18.2 Å². The molecule has 114 valence electrons. The number of nitrogens with one attached hydrogen (secondary N) is 1. The number of carbonyl (C=O) groups excluding carboxylic acids is 2. The molecular weight excluding hydrogens is 292 g/mol. The molecule has 1 aromatic rings. The third kappa shape index (κ3) is 4.04. The summed E-state index contributed by atoms with van der Waals surface area (Å²) in [6, 6.07) is 5.18. The second kappa shape index (κ2) is 7.21. The van der Waals surface area contributed by atoms with Crippen LogP contribution in [-0.2, 0) is 4.79 Å². The monoisotopic (exact) mass is 310 g/mol. The van der Waals surface area contributed by atoms with Crippen LogP contribution in [-0.4, -0.2) is 49.1 Å². The minimum atomic E-state index is -0.150. The Hall–Kier alpha value is -1.89. The Kier molecular flexibility index (Phi) is 5.32. The maximum absolute atomic E-state index is 12.0. The van der Waals surface area contributed by atoms with Crippen molar-refractivity contribution in [2.75, 3.05) is 38.4 Å². The first-order valence-corrected chi connectivity index (χ1v) is 7.56. The molecule has 0 radical (unpaired) electrons. The van der Waals surface area contributed by atoms with Crippen molar-refractivity contribution in [3.8, 4) is 11.5 Å². The Bertz CT molecular complexity index is 536. The smallest absolute Gasteiger partial charge is 0.281 e. The lowest BCUT2D eigenvalue weighted by molar-refractivity contribution is -0.116. The molecule has 7 heteroatoms. The zero-order valence-corrected chi connectivity index (χ0v) is 12.9. The molecule has 1 aliphatic heterocycles. The summed E-state index contributed by atoms with van der Waals surface area (Å²) in [4.78, 5) is 25.1. The van der Waals surface area contributed by atoms with Gasteiger partial charge in [0.2, 0.25) is 5.91 Å². The van der Waals surface area contributed by atoms with Gasteiger partial charge in [0.05, 0.1) is 19.9 Å². The number of methoxy groups -OCH3 is 2. The average molecular weight is 310 g/mol. The lowest BCUT2D eigenvalue weighted by Crippen LogP contribution is -2.27. The van der Waals surface area contributed by atoms with Gasteiger partial charge in [0, 0.05) is 31.3 Å². The van der Waals surface area contributed by atoms with E-state index < -0.39 is 0 Å². The molecule has 0 spiro atoms. The first-order chi connectivity index (χ1) is 10.1. The molecule has 0 aliphatic carbocycles. The van der Waals surface area contributed by atoms with Gasteiger partial charge in [-0.1, -0.05) is 11.8 Å². The third-order valence-corrected chi connectivity index (χ3v) is 4.03. The number of thioether (sulfide) groups is 1. The van der Waals surface area contributed by atoms with E-state index in [0.717, 1.165) is 5.75 Å². The maximum atomic E-state index is 12.0. The molecule has 1 fully saturated rings. The summed E-state index contributed by atoms with van der Waals surface area (Å²) in [5.41, 5.74) is 0.588. The zero-order valence-electron chi connectivity index (χ0n) is 12.0. The lowest BCUT2D eigenvalue weighted by atomic mass is 10.2. The average Bonchev–Trinajstić information content (AvgIpc) is 2.91. The summed E-state index contributed by atoms with van der Waals surface area (Å²) in [6.07, 6.45) is 0.265. The van der Waals surface area contributed by atoms with E-state index in [1.165, 1.54) is 18.9 Å². The van der Waals surface area contributed by atoms with Crippen molar-refractivity contribution < 1.29 is 19.1 Å². The lowest BCUT2D eigenvalue weighted by Gasteiger charge is -2.15. The van der Waals surface area contributed by atoms with Crippen LogP contribution in [0.1, 0.15) is 6.42 Å². The van der Waals surface area contributed by atoms with E-state index in [9.17, 15) is 9.59 Å². The first-order valence-electron chi connectivity index (χ1n) is 6.57. The van der Waals surface area contributed by atoms with Crippen molar-refractivity contribution in [2.24, 2.45) is 0 Å². The highest BCUT2D eigenvalue weighted by Gasteiger charge is 2.21. The van der Waals surface area contributed by atoms with Gasteiger partial charge in [0.1, 0.15) is 11.5 Å². The van der Waals surface area contributed by atoms with E-state index in [4.69, 9.17) is 9.47 Å². The summed E-state index contributed by atoms with van der Waals surface area (Å²) in [6.45, 7) is 1.15. The molecular formula is C14H18N2O4S. The van der Waals surface area contributed by atoms with Crippen LogP contribution in [0.4, 0.5) is 10.5 Å². The molecule has 1 N–H and O–H groups in total. The van der Waals surface area contributed by atoms with Crippen LogP contribution in [0.2, 0.25) is 0 Å². The zero-order chi connectivity index (χ0) is 15.2. The van der Waals surface area contributed by atoms with Gasteiger partial charge in [-0.25, -0.2) is 0 Å². The van der Waals surface area contributed by atoms with Crippen LogP contribution in [0.5, 0.6) is 11.5 Å². The molecule has 1 saturated heterocycles. The molecule has 1 aromatic carbocycles. The summed E-state index contributed by atoms with van der Waals surface area (Å²) in [5.74, 6) is 1.84. The molecule has 0 unspecified atom stereocenters. The molecule has 0 aromatic heterocycles. The van der Waals surface area contributed by atoms with Gasteiger partial charge in [-0.05, 0) is 12.1 Å². The van der Waals surface area contributed by atoms with E-state index in [0.29, 0.717) is 30.3 Å². The van der Waals surface area contributed by atoms with Gasteiger partial charge in [0.25, 0.3) is 5.24 Å². The van der Waals surface area contributed by atoms with Gasteiger partial charge in [-0.3, -0.25) is 9.59 Å². The summed E-state index contributed by atoms with van der Waals surface area (Å²) >= 11 is 1.29. The number of anilines is 1. The fourth-order valence-corrected chi connectivity index (χ4v) is 2.83. The Morgan fingerprint density at radius 1 is 1.38 bits per heavy atom. The number of benzene rings is 1. The second-order valence-electron chi connectivity index (χ2n) is 4.47. The topological polar surface area (TPSA) is 67.9 Å². The Morgan fingerprint density at radius 3 is 2.81 bits per heavy atom. The van der Waals surface area contributed by atoms with Gasteiger partial charge in [0.15, 0.2) is 0 Å². The minimum Gasteiger partial charge on any atom is -0.497 e. The van der Waals surface area contributed by atoms with Crippen molar-refractivity contribution in [2.45, 2.75) is 6.42 Å². The number of nitrogens with zero attached hydrogens (tertiary/aromatic N) is 1. The predicted molar refractivity (Wildman–Crippen MR) is 82.2 cm³/mol. The quantitative estimate of drug-likeness (QED) is 0.872. The standard InChI is InChI=1S/C14H18N2O4S/c1-19-10-3-4-11(12(9-10)20-2)15-13(17)5-6-16-7-8-21-14(16)18/h3-4,9H,5-8H2,1-2H3,(H,15,17). The SMILES string of the molecule is COc1ccc(NC(=O)CCN2CCSC2=O)c(OC)c1. The fraction of sp³-hybridized carbons (Fsp3) is 0.429. The Morgan fingerprint density at radius 2 is 2.19 bits per heavy atom. The number of hydrogen-bond acceptors (Lipinski definition) is 5. The summed E-state index contributed by atoms with van der Waals surface area (Å²) < 4.78 is 10.3. The second-order valence-corrected chi connectivity index (χ2v) is 5.51. The molecule has 2 rings (SSSR count). The van der Waals surface area contributed by atoms with Crippen LogP contribution in [0.15, 0.2) is 18.2 Å². The third-order valence-electron chi connectivity index (χ3n) is 3.14. The van der Waals surface area contributed by atoms with Crippen LogP contribution >= 0.6 is 11.8 Å². The number of carbonyl (C=O) groups is 2. The van der Waals surface area contributed by atoms with Crippen LogP contribution in [0.3, 0.4) is 0 Å². The Labute approximate surface area is 127 Å².